The Morgan fingerprint density at radius 3 is 2.57 bits per heavy atom. The summed E-state index contributed by atoms with van der Waals surface area (Å²) in [4.78, 5) is 11.6. The lowest BCUT2D eigenvalue weighted by Gasteiger charge is -2.34. The highest BCUT2D eigenvalue weighted by atomic mass is 28.3. The highest BCUT2D eigenvalue weighted by molar-refractivity contribution is 6.76. The summed E-state index contributed by atoms with van der Waals surface area (Å²) in [5.41, 5.74) is 1.08. The van der Waals surface area contributed by atoms with Gasteiger partial charge in [-0.25, -0.2) is 4.79 Å². The molecule has 0 saturated carbocycles. The number of cyclic esters (lactones) is 1. The third kappa shape index (κ3) is 6.32. The third-order valence-electron chi connectivity index (χ3n) is 3.87. The van der Waals surface area contributed by atoms with Gasteiger partial charge in [0.05, 0.1) is 6.61 Å². The van der Waals surface area contributed by atoms with Crippen LogP contribution < -0.4 is 0 Å². The first-order valence-corrected chi connectivity index (χ1v) is 12.2. The number of rotatable bonds is 9. The monoisotopic (exact) mass is 332 g/mol. The SMILES string of the molecule is C[Si](C)(C)C/C=C\CCC[C@H]1OC(=O)[C@@H]1OCc1ccccc1. The Balaban J connectivity index is 1.64. The molecule has 23 heavy (non-hydrogen) atoms. The molecule has 0 bridgehead atoms. The van der Waals surface area contributed by atoms with E-state index in [9.17, 15) is 4.79 Å². The van der Waals surface area contributed by atoms with E-state index in [1.807, 2.05) is 30.3 Å². The van der Waals surface area contributed by atoms with Crippen molar-refractivity contribution in [3.8, 4) is 0 Å². The fourth-order valence-electron chi connectivity index (χ4n) is 2.50. The molecule has 1 aromatic carbocycles. The summed E-state index contributed by atoms with van der Waals surface area (Å²) in [6, 6.07) is 11.2. The molecule has 2 rings (SSSR count). The number of carbonyl (C=O) groups excluding carboxylic acids is 1. The van der Waals surface area contributed by atoms with Crippen molar-refractivity contribution in [1.82, 2.24) is 0 Å². The molecule has 1 heterocycles. The van der Waals surface area contributed by atoms with Crippen molar-refractivity contribution >= 4 is 14.0 Å². The van der Waals surface area contributed by atoms with Gasteiger partial charge < -0.3 is 9.47 Å². The molecule has 0 N–H and O–H groups in total. The van der Waals surface area contributed by atoms with Crippen LogP contribution in [0.3, 0.4) is 0 Å². The predicted molar refractivity (Wildman–Crippen MR) is 96.0 cm³/mol. The molecule has 1 fully saturated rings. The number of carbonyl (C=O) groups is 1. The minimum Gasteiger partial charge on any atom is -0.457 e. The second kappa shape index (κ2) is 8.46. The molecule has 0 radical (unpaired) electrons. The minimum absolute atomic E-state index is 0.0726. The number of hydrogen-bond donors (Lipinski definition) is 0. The molecule has 1 saturated heterocycles. The van der Waals surface area contributed by atoms with Crippen LogP contribution in [0.4, 0.5) is 0 Å². The maximum absolute atomic E-state index is 11.6. The molecule has 3 nitrogen and oxygen atoms in total. The summed E-state index contributed by atoms with van der Waals surface area (Å²) in [5.74, 6) is -0.222. The van der Waals surface area contributed by atoms with Crippen LogP contribution in [-0.4, -0.2) is 26.3 Å². The molecule has 0 unspecified atom stereocenters. The summed E-state index contributed by atoms with van der Waals surface area (Å²) in [7, 11) is -0.974. The first-order valence-electron chi connectivity index (χ1n) is 8.47. The van der Waals surface area contributed by atoms with Gasteiger partial charge in [0.15, 0.2) is 6.10 Å². The van der Waals surface area contributed by atoms with Crippen LogP contribution in [0.15, 0.2) is 42.5 Å². The van der Waals surface area contributed by atoms with Gasteiger partial charge in [-0.2, -0.15) is 0 Å². The van der Waals surface area contributed by atoms with Gasteiger partial charge >= 0.3 is 5.97 Å². The number of allylic oxidation sites excluding steroid dienone is 2. The summed E-state index contributed by atoms with van der Waals surface area (Å²) < 4.78 is 10.9. The fraction of sp³-hybridized carbons (Fsp3) is 0.526. The second-order valence-corrected chi connectivity index (χ2v) is 12.9. The minimum atomic E-state index is -0.974. The third-order valence-corrected chi connectivity index (χ3v) is 5.33. The zero-order valence-corrected chi connectivity index (χ0v) is 15.5. The van der Waals surface area contributed by atoms with E-state index in [4.69, 9.17) is 9.47 Å². The zero-order chi connectivity index (χ0) is 16.7. The van der Waals surface area contributed by atoms with Gasteiger partial charge in [0, 0.05) is 8.07 Å². The van der Waals surface area contributed by atoms with E-state index in [0.717, 1.165) is 24.8 Å². The Kier molecular flexibility index (Phi) is 6.60. The van der Waals surface area contributed by atoms with Crippen LogP contribution >= 0.6 is 0 Å². The molecule has 1 aliphatic rings. The summed E-state index contributed by atoms with van der Waals surface area (Å²) in [6.45, 7) is 7.59. The molecule has 0 aliphatic carbocycles. The molecule has 126 valence electrons. The van der Waals surface area contributed by atoms with Crippen molar-refractivity contribution in [3.63, 3.8) is 0 Å². The van der Waals surface area contributed by atoms with E-state index < -0.39 is 8.07 Å². The Labute approximate surface area is 140 Å². The van der Waals surface area contributed by atoms with Gasteiger partial charge in [-0.3, -0.25) is 0 Å². The van der Waals surface area contributed by atoms with Crippen molar-refractivity contribution < 1.29 is 14.3 Å². The molecule has 4 heteroatoms. The van der Waals surface area contributed by atoms with Crippen molar-refractivity contribution in [3.05, 3.63) is 48.0 Å². The smallest absolute Gasteiger partial charge is 0.339 e. The van der Waals surface area contributed by atoms with Crippen LogP contribution in [0.2, 0.25) is 25.7 Å². The molecular formula is C19H28O3Si. The first-order chi connectivity index (χ1) is 11.0. The largest absolute Gasteiger partial charge is 0.457 e. The number of unbranched alkanes of at least 4 members (excludes halogenated alkanes) is 1. The predicted octanol–water partition coefficient (Wildman–Crippen LogP) is 4.56. The molecule has 0 aromatic heterocycles. The van der Waals surface area contributed by atoms with E-state index in [-0.39, 0.29) is 18.2 Å². The topological polar surface area (TPSA) is 35.5 Å². The normalized spacial score (nSPS) is 21.3. The average Bonchev–Trinajstić information content (AvgIpc) is 2.49. The van der Waals surface area contributed by atoms with E-state index in [2.05, 4.69) is 31.8 Å². The average molecular weight is 333 g/mol. The quantitative estimate of drug-likeness (QED) is 0.288. The summed E-state index contributed by atoms with van der Waals surface area (Å²) in [5, 5.41) is 0. The summed E-state index contributed by atoms with van der Waals surface area (Å²) >= 11 is 0. The van der Waals surface area contributed by atoms with Crippen molar-refractivity contribution in [2.45, 2.75) is 63.8 Å². The zero-order valence-electron chi connectivity index (χ0n) is 14.5. The maximum atomic E-state index is 11.6. The van der Waals surface area contributed by atoms with Gasteiger partial charge in [0.25, 0.3) is 0 Å². The van der Waals surface area contributed by atoms with Crippen LogP contribution in [0.5, 0.6) is 0 Å². The standard InChI is InChI=1S/C19H28O3Si/c1-23(2,3)14-10-5-4-9-13-17-18(19(20)22-17)21-15-16-11-7-6-8-12-16/h5-8,10-12,17-18H,4,9,13-15H2,1-3H3/b10-5-/t17-,18-/m1/s1. The Morgan fingerprint density at radius 1 is 1.17 bits per heavy atom. The van der Waals surface area contributed by atoms with Gasteiger partial charge in [-0.1, -0.05) is 62.1 Å². The number of esters is 1. The molecule has 2 atom stereocenters. The van der Waals surface area contributed by atoms with Gasteiger partial charge in [0.2, 0.25) is 0 Å². The van der Waals surface area contributed by atoms with Gasteiger partial charge in [-0.15, -0.1) is 0 Å². The number of benzene rings is 1. The lowest BCUT2D eigenvalue weighted by molar-refractivity contribution is -0.209. The van der Waals surface area contributed by atoms with E-state index in [0.29, 0.717) is 6.61 Å². The Morgan fingerprint density at radius 2 is 1.91 bits per heavy atom. The molecular weight excluding hydrogens is 304 g/mol. The Hall–Kier alpha value is -1.39. The highest BCUT2D eigenvalue weighted by Gasteiger charge is 2.42. The maximum Gasteiger partial charge on any atom is 0.339 e. The van der Waals surface area contributed by atoms with Crippen LogP contribution in [0, 0.1) is 0 Å². The van der Waals surface area contributed by atoms with E-state index in [1.54, 1.807) is 0 Å². The molecule has 1 aliphatic heterocycles. The molecule has 0 amide bonds. The van der Waals surface area contributed by atoms with Gasteiger partial charge in [0.1, 0.15) is 6.10 Å². The Bertz CT molecular complexity index is 519. The lowest BCUT2D eigenvalue weighted by atomic mass is 10.0. The van der Waals surface area contributed by atoms with Crippen LogP contribution in [-0.2, 0) is 20.9 Å². The summed E-state index contributed by atoms with van der Waals surface area (Å²) in [6.07, 6.45) is 7.07. The highest BCUT2D eigenvalue weighted by Crippen LogP contribution is 2.24. The second-order valence-electron chi connectivity index (χ2n) is 7.36. The lowest BCUT2D eigenvalue weighted by Crippen LogP contribution is -2.51. The van der Waals surface area contributed by atoms with Gasteiger partial charge in [-0.05, 0) is 30.9 Å². The van der Waals surface area contributed by atoms with Crippen molar-refractivity contribution in [1.29, 1.82) is 0 Å². The molecule has 1 aromatic rings. The first kappa shape index (κ1) is 18.0. The van der Waals surface area contributed by atoms with Crippen LogP contribution in [0.25, 0.3) is 0 Å². The number of ether oxygens (including phenoxy) is 2. The number of hydrogen-bond acceptors (Lipinski definition) is 3. The fourth-order valence-corrected chi connectivity index (χ4v) is 3.37. The van der Waals surface area contributed by atoms with Crippen molar-refractivity contribution in [2.75, 3.05) is 0 Å². The molecule has 0 spiro atoms. The van der Waals surface area contributed by atoms with E-state index >= 15 is 0 Å². The van der Waals surface area contributed by atoms with Crippen molar-refractivity contribution in [2.24, 2.45) is 0 Å². The van der Waals surface area contributed by atoms with E-state index in [1.165, 1.54) is 6.04 Å². The van der Waals surface area contributed by atoms with Crippen LogP contribution in [0.1, 0.15) is 24.8 Å².